The molecule has 1 atom stereocenters. The molecule has 0 fully saturated rings. The minimum Gasteiger partial charge on any atom is -0.493 e. The second-order valence-electron chi connectivity index (χ2n) is 5.14. The lowest BCUT2D eigenvalue weighted by Gasteiger charge is -2.14. The number of hydrogen-bond acceptors (Lipinski definition) is 4. The van der Waals surface area contributed by atoms with Crippen LogP contribution in [0.4, 0.5) is 0 Å². The first-order valence-corrected chi connectivity index (χ1v) is 7.59. The molecule has 0 saturated heterocycles. The average Bonchev–Trinajstić information content (AvgIpc) is 2.61. The summed E-state index contributed by atoms with van der Waals surface area (Å²) in [5.74, 6) is 1.38. The van der Waals surface area contributed by atoms with Crippen molar-refractivity contribution in [1.29, 1.82) is 0 Å². The second-order valence-corrected chi connectivity index (χ2v) is 5.14. The fourth-order valence-electron chi connectivity index (χ4n) is 2.24. The van der Waals surface area contributed by atoms with Gasteiger partial charge in [-0.25, -0.2) is 0 Å². The van der Waals surface area contributed by atoms with Gasteiger partial charge in [-0.05, 0) is 23.3 Å². The summed E-state index contributed by atoms with van der Waals surface area (Å²) in [4.78, 5) is 0. The molecule has 0 aliphatic rings. The highest BCUT2D eigenvalue weighted by Gasteiger charge is 2.08. The van der Waals surface area contributed by atoms with E-state index in [-0.39, 0.29) is 0 Å². The van der Waals surface area contributed by atoms with Crippen molar-refractivity contribution in [3.05, 3.63) is 72.3 Å². The molecule has 0 unspecified atom stereocenters. The largest absolute Gasteiger partial charge is 0.493 e. The van der Waals surface area contributed by atoms with Crippen molar-refractivity contribution in [1.82, 2.24) is 5.32 Å². The number of benzene rings is 2. The van der Waals surface area contributed by atoms with E-state index >= 15 is 0 Å². The molecule has 0 spiro atoms. The molecule has 0 amide bonds. The first-order valence-electron chi connectivity index (χ1n) is 7.59. The van der Waals surface area contributed by atoms with Crippen LogP contribution in [0.25, 0.3) is 0 Å². The van der Waals surface area contributed by atoms with Gasteiger partial charge in [-0.2, -0.15) is 0 Å². The molecule has 0 radical (unpaired) electrons. The summed E-state index contributed by atoms with van der Waals surface area (Å²) >= 11 is 0. The molecular formula is C19H23NO3. The van der Waals surface area contributed by atoms with Crippen LogP contribution >= 0.6 is 0 Å². The van der Waals surface area contributed by atoms with Crippen molar-refractivity contribution in [3.63, 3.8) is 0 Å². The summed E-state index contributed by atoms with van der Waals surface area (Å²) < 4.78 is 10.9. The van der Waals surface area contributed by atoms with Crippen LogP contribution in [0.2, 0.25) is 0 Å². The zero-order valence-electron chi connectivity index (χ0n) is 13.4. The molecule has 0 aromatic heterocycles. The fraction of sp³-hybridized carbons (Fsp3) is 0.263. The van der Waals surface area contributed by atoms with Gasteiger partial charge in [-0.15, -0.1) is 0 Å². The van der Waals surface area contributed by atoms with Gasteiger partial charge in [0.15, 0.2) is 11.5 Å². The van der Waals surface area contributed by atoms with Gasteiger partial charge >= 0.3 is 0 Å². The van der Waals surface area contributed by atoms with Gasteiger partial charge in [-0.3, -0.25) is 0 Å². The molecule has 122 valence electrons. The highest BCUT2D eigenvalue weighted by Crippen LogP contribution is 2.28. The van der Waals surface area contributed by atoms with Gasteiger partial charge in [0, 0.05) is 13.1 Å². The highest BCUT2D eigenvalue weighted by molar-refractivity contribution is 5.43. The number of nitrogens with one attached hydrogen (secondary N) is 1. The predicted molar refractivity (Wildman–Crippen MR) is 91.8 cm³/mol. The Labute approximate surface area is 137 Å². The molecule has 0 bridgehead atoms. The predicted octanol–water partition coefficient (Wildman–Crippen LogP) is 3.08. The van der Waals surface area contributed by atoms with Crippen LogP contribution in [0.1, 0.15) is 17.2 Å². The molecule has 0 heterocycles. The summed E-state index contributed by atoms with van der Waals surface area (Å²) in [5.41, 5.74) is 1.97. The standard InChI is InChI=1S/C19H23NO3/c1-3-11-23-18-10-9-15(12-19(18)22-2)13-20-14-17(21)16-7-5-4-6-8-16/h3-10,12,17,20-21H,1,11,13-14H2,2H3/t17-/m0/s1. The van der Waals surface area contributed by atoms with Crippen LogP contribution in [0.3, 0.4) is 0 Å². The lowest BCUT2D eigenvalue weighted by Crippen LogP contribution is -2.21. The fourth-order valence-corrected chi connectivity index (χ4v) is 2.24. The van der Waals surface area contributed by atoms with E-state index < -0.39 is 6.10 Å². The third-order valence-electron chi connectivity index (χ3n) is 3.44. The van der Waals surface area contributed by atoms with Crippen molar-refractivity contribution >= 4 is 0 Å². The van der Waals surface area contributed by atoms with Crippen molar-refractivity contribution in [2.75, 3.05) is 20.3 Å². The number of methoxy groups -OCH3 is 1. The molecule has 0 saturated carbocycles. The first kappa shape index (κ1) is 17.1. The molecule has 4 nitrogen and oxygen atoms in total. The van der Waals surface area contributed by atoms with E-state index in [0.717, 1.165) is 11.1 Å². The average molecular weight is 313 g/mol. The first-order chi connectivity index (χ1) is 11.2. The second kappa shape index (κ2) is 8.98. The zero-order chi connectivity index (χ0) is 16.5. The van der Waals surface area contributed by atoms with Crippen molar-refractivity contribution < 1.29 is 14.6 Å². The normalized spacial score (nSPS) is 11.7. The summed E-state index contributed by atoms with van der Waals surface area (Å²) in [5, 5.41) is 13.4. The molecule has 2 rings (SSSR count). The zero-order valence-corrected chi connectivity index (χ0v) is 13.4. The molecule has 0 aliphatic carbocycles. The Morgan fingerprint density at radius 3 is 2.65 bits per heavy atom. The Balaban J connectivity index is 1.89. The van der Waals surface area contributed by atoms with Crippen molar-refractivity contribution in [2.45, 2.75) is 12.6 Å². The van der Waals surface area contributed by atoms with Crippen LogP contribution in [0.15, 0.2) is 61.2 Å². The maximum Gasteiger partial charge on any atom is 0.161 e. The van der Waals surface area contributed by atoms with Gasteiger partial charge in [0.1, 0.15) is 6.61 Å². The maximum atomic E-state index is 10.1. The van der Waals surface area contributed by atoms with Crippen LogP contribution in [-0.2, 0) is 6.54 Å². The van der Waals surface area contributed by atoms with Crippen LogP contribution < -0.4 is 14.8 Å². The lowest BCUT2D eigenvalue weighted by molar-refractivity contribution is 0.174. The summed E-state index contributed by atoms with van der Waals surface area (Å²) in [6.45, 7) is 5.20. The van der Waals surface area contributed by atoms with Crippen LogP contribution in [-0.4, -0.2) is 25.4 Å². The highest BCUT2D eigenvalue weighted by atomic mass is 16.5. The van der Waals surface area contributed by atoms with Crippen molar-refractivity contribution in [2.24, 2.45) is 0 Å². The van der Waals surface area contributed by atoms with Gasteiger partial charge in [0.25, 0.3) is 0 Å². The molecule has 2 N–H and O–H groups in total. The van der Waals surface area contributed by atoms with E-state index in [0.29, 0.717) is 31.2 Å². The molecule has 0 aliphatic heterocycles. The number of hydrogen-bond donors (Lipinski definition) is 2. The molecule has 2 aromatic rings. The van der Waals surface area contributed by atoms with Gasteiger partial charge in [0.2, 0.25) is 0 Å². The Morgan fingerprint density at radius 1 is 1.17 bits per heavy atom. The monoisotopic (exact) mass is 313 g/mol. The SMILES string of the molecule is C=CCOc1ccc(CNC[C@H](O)c2ccccc2)cc1OC. The Bertz CT molecular complexity index is 613. The topological polar surface area (TPSA) is 50.7 Å². The van der Waals surface area contributed by atoms with E-state index in [1.807, 2.05) is 48.5 Å². The number of ether oxygens (including phenoxy) is 2. The van der Waals surface area contributed by atoms with E-state index in [1.165, 1.54) is 0 Å². The lowest BCUT2D eigenvalue weighted by atomic mass is 10.1. The Kier molecular flexibility index (Phi) is 6.66. The van der Waals surface area contributed by atoms with Gasteiger partial charge in [0.05, 0.1) is 13.2 Å². The number of rotatable bonds is 9. The summed E-state index contributed by atoms with van der Waals surface area (Å²) in [7, 11) is 1.62. The van der Waals surface area contributed by atoms with Gasteiger partial charge in [-0.1, -0.05) is 49.1 Å². The molecule has 4 heteroatoms. The Morgan fingerprint density at radius 2 is 1.96 bits per heavy atom. The van der Waals surface area contributed by atoms with Crippen LogP contribution in [0, 0.1) is 0 Å². The van der Waals surface area contributed by atoms with E-state index in [4.69, 9.17) is 9.47 Å². The van der Waals surface area contributed by atoms with E-state index in [1.54, 1.807) is 13.2 Å². The Hall–Kier alpha value is -2.30. The minimum atomic E-state index is -0.520. The third kappa shape index (κ3) is 5.13. The van der Waals surface area contributed by atoms with Gasteiger partial charge < -0.3 is 19.9 Å². The maximum absolute atomic E-state index is 10.1. The third-order valence-corrected chi connectivity index (χ3v) is 3.44. The molecule has 23 heavy (non-hydrogen) atoms. The number of aliphatic hydroxyl groups is 1. The minimum absolute atomic E-state index is 0.442. The molecular weight excluding hydrogens is 290 g/mol. The molecule has 2 aromatic carbocycles. The summed E-state index contributed by atoms with van der Waals surface area (Å²) in [6, 6.07) is 15.4. The number of aliphatic hydroxyl groups excluding tert-OH is 1. The van der Waals surface area contributed by atoms with Crippen LogP contribution in [0.5, 0.6) is 11.5 Å². The van der Waals surface area contributed by atoms with E-state index in [9.17, 15) is 5.11 Å². The van der Waals surface area contributed by atoms with Crippen molar-refractivity contribution in [3.8, 4) is 11.5 Å². The smallest absolute Gasteiger partial charge is 0.161 e. The quantitative estimate of drug-likeness (QED) is 0.699. The summed E-state index contributed by atoms with van der Waals surface area (Å²) in [6.07, 6.45) is 1.17. The van der Waals surface area contributed by atoms with E-state index in [2.05, 4.69) is 11.9 Å².